The molecule has 22 heavy (non-hydrogen) atoms. The molecule has 0 bridgehead atoms. The predicted octanol–water partition coefficient (Wildman–Crippen LogP) is 3.99. The van der Waals surface area contributed by atoms with E-state index in [1.165, 1.54) is 23.1 Å². The van der Waals surface area contributed by atoms with Crippen LogP contribution < -0.4 is 5.32 Å². The number of halogens is 1. The van der Waals surface area contributed by atoms with Crippen LogP contribution >= 0.6 is 34.7 Å². The minimum atomic E-state index is -0.278. The molecule has 0 radical (unpaired) electrons. The minimum Gasteiger partial charge on any atom is -0.296 e. The first kappa shape index (κ1) is 15.0. The van der Waals surface area contributed by atoms with Crippen LogP contribution in [0.15, 0.2) is 58.0 Å². The van der Waals surface area contributed by atoms with Crippen LogP contribution in [0.25, 0.3) is 0 Å². The number of aromatic nitrogens is 3. The summed E-state index contributed by atoms with van der Waals surface area (Å²) in [5.74, 6) is -0.278. The molecule has 0 spiro atoms. The highest BCUT2D eigenvalue weighted by atomic mass is 35.5. The maximum Gasteiger partial charge on any atom is 0.260 e. The maximum absolute atomic E-state index is 12.3. The van der Waals surface area contributed by atoms with Gasteiger partial charge in [-0.2, -0.15) is 0 Å². The van der Waals surface area contributed by atoms with Gasteiger partial charge in [0.1, 0.15) is 10.5 Å². The number of amides is 1. The fraction of sp³-hybridized carbons (Fsp3) is 0. The van der Waals surface area contributed by atoms with Crippen molar-refractivity contribution in [3.05, 3.63) is 58.7 Å². The fourth-order valence-electron chi connectivity index (χ4n) is 1.67. The van der Waals surface area contributed by atoms with E-state index in [-0.39, 0.29) is 5.91 Å². The van der Waals surface area contributed by atoms with E-state index in [1.807, 2.05) is 18.2 Å². The molecule has 0 atom stereocenters. The van der Waals surface area contributed by atoms with Gasteiger partial charge in [0, 0.05) is 11.1 Å². The summed E-state index contributed by atoms with van der Waals surface area (Å²) >= 11 is 8.76. The molecule has 0 unspecified atom stereocenters. The van der Waals surface area contributed by atoms with E-state index in [9.17, 15) is 4.79 Å². The number of anilines is 1. The van der Waals surface area contributed by atoms with E-state index < -0.39 is 0 Å². The number of nitrogens with one attached hydrogen (secondary N) is 1. The Balaban J connectivity index is 1.87. The standard InChI is InChI=1S/C14H9ClN4OS2/c15-10-5-1-2-6-11(10)22-13-9(4-3-7-16-13)12(20)18-14-19-17-8-21-14/h1-8H,(H,18,19,20). The molecule has 0 aliphatic carbocycles. The van der Waals surface area contributed by atoms with Gasteiger partial charge >= 0.3 is 0 Å². The molecule has 2 heterocycles. The molecular weight excluding hydrogens is 340 g/mol. The van der Waals surface area contributed by atoms with Crippen molar-refractivity contribution >= 4 is 45.7 Å². The summed E-state index contributed by atoms with van der Waals surface area (Å²) in [6.45, 7) is 0. The Kier molecular flexibility index (Phi) is 4.67. The lowest BCUT2D eigenvalue weighted by atomic mass is 10.3. The van der Waals surface area contributed by atoms with Gasteiger partial charge < -0.3 is 0 Å². The van der Waals surface area contributed by atoms with Crippen molar-refractivity contribution in [3.8, 4) is 0 Å². The van der Waals surface area contributed by atoms with Gasteiger partial charge in [-0.1, -0.05) is 46.8 Å². The Bertz CT molecular complexity index is 795. The summed E-state index contributed by atoms with van der Waals surface area (Å²) in [4.78, 5) is 17.5. The fourth-order valence-corrected chi connectivity index (χ4v) is 3.26. The zero-order valence-corrected chi connectivity index (χ0v) is 13.5. The molecule has 0 aliphatic heterocycles. The summed E-state index contributed by atoms with van der Waals surface area (Å²) in [5, 5.41) is 11.8. The predicted molar refractivity (Wildman–Crippen MR) is 87.7 cm³/mol. The van der Waals surface area contributed by atoms with Gasteiger partial charge in [-0.3, -0.25) is 10.1 Å². The van der Waals surface area contributed by atoms with E-state index in [0.717, 1.165) is 4.90 Å². The van der Waals surface area contributed by atoms with Gasteiger partial charge in [0.15, 0.2) is 0 Å². The van der Waals surface area contributed by atoms with Crippen LogP contribution in [0.3, 0.4) is 0 Å². The molecule has 3 aromatic rings. The van der Waals surface area contributed by atoms with Crippen molar-refractivity contribution in [1.29, 1.82) is 0 Å². The maximum atomic E-state index is 12.3. The third kappa shape index (κ3) is 3.44. The molecular formula is C14H9ClN4OS2. The van der Waals surface area contributed by atoms with Crippen LogP contribution in [-0.2, 0) is 0 Å². The number of benzene rings is 1. The van der Waals surface area contributed by atoms with Gasteiger partial charge in [0.25, 0.3) is 5.91 Å². The number of nitrogens with zero attached hydrogens (tertiary/aromatic N) is 3. The lowest BCUT2D eigenvalue weighted by molar-refractivity contribution is 0.102. The molecule has 1 N–H and O–H groups in total. The highest BCUT2D eigenvalue weighted by molar-refractivity contribution is 7.99. The Hall–Kier alpha value is -1.96. The summed E-state index contributed by atoms with van der Waals surface area (Å²) in [5.41, 5.74) is 2.01. The average molecular weight is 349 g/mol. The van der Waals surface area contributed by atoms with Crippen LogP contribution in [0.2, 0.25) is 5.02 Å². The summed E-state index contributed by atoms with van der Waals surface area (Å²) in [6, 6.07) is 10.8. The molecule has 110 valence electrons. The van der Waals surface area contributed by atoms with Gasteiger partial charge in [0.2, 0.25) is 5.13 Å². The van der Waals surface area contributed by atoms with Gasteiger partial charge in [-0.25, -0.2) is 4.98 Å². The topological polar surface area (TPSA) is 67.8 Å². The number of rotatable bonds is 4. The van der Waals surface area contributed by atoms with Gasteiger partial charge in [-0.05, 0) is 24.3 Å². The SMILES string of the molecule is O=C(Nc1nncs1)c1cccnc1Sc1ccccc1Cl. The normalized spacial score (nSPS) is 10.4. The Morgan fingerprint density at radius 2 is 2.09 bits per heavy atom. The third-order valence-corrected chi connectivity index (χ3v) is 4.78. The summed E-state index contributed by atoms with van der Waals surface area (Å²) in [6.07, 6.45) is 1.64. The van der Waals surface area contributed by atoms with Crippen molar-refractivity contribution in [2.75, 3.05) is 5.32 Å². The molecule has 8 heteroatoms. The zero-order chi connectivity index (χ0) is 15.4. The van der Waals surface area contributed by atoms with Crippen molar-refractivity contribution in [2.45, 2.75) is 9.92 Å². The molecule has 2 aromatic heterocycles. The molecule has 5 nitrogen and oxygen atoms in total. The molecule has 0 saturated carbocycles. The number of carbonyl (C=O) groups is 1. The number of pyridine rings is 1. The summed E-state index contributed by atoms with van der Waals surface area (Å²) in [7, 11) is 0. The molecule has 0 fully saturated rings. The van der Waals surface area contributed by atoms with Crippen LogP contribution in [0.1, 0.15) is 10.4 Å². The van der Waals surface area contributed by atoms with E-state index in [0.29, 0.717) is 20.7 Å². The number of hydrogen-bond acceptors (Lipinski definition) is 6. The molecule has 0 aliphatic rings. The van der Waals surface area contributed by atoms with Crippen LogP contribution in [0.5, 0.6) is 0 Å². The Labute approximate surface area is 139 Å². The Morgan fingerprint density at radius 1 is 1.23 bits per heavy atom. The highest BCUT2D eigenvalue weighted by Crippen LogP contribution is 2.33. The van der Waals surface area contributed by atoms with E-state index in [1.54, 1.807) is 29.9 Å². The molecule has 1 aromatic carbocycles. The van der Waals surface area contributed by atoms with Crippen LogP contribution in [-0.4, -0.2) is 21.1 Å². The van der Waals surface area contributed by atoms with Crippen molar-refractivity contribution in [2.24, 2.45) is 0 Å². The quantitative estimate of drug-likeness (QED) is 0.772. The monoisotopic (exact) mass is 348 g/mol. The lowest BCUT2D eigenvalue weighted by Gasteiger charge is -2.08. The summed E-state index contributed by atoms with van der Waals surface area (Å²) < 4.78 is 0. The smallest absolute Gasteiger partial charge is 0.260 e. The minimum absolute atomic E-state index is 0.278. The largest absolute Gasteiger partial charge is 0.296 e. The van der Waals surface area contributed by atoms with Crippen molar-refractivity contribution in [3.63, 3.8) is 0 Å². The number of hydrogen-bond donors (Lipinski definition) is 1. The lowest BCUT2D eigenvalue weighted by Crippen LogP contribution is -2.13. The van der Waals surface area contributed by atoms with Crippen LogP contribution in [0, 0.1) is 0 Å². The second-order valence-electron chi connectivity index (χ2n) is 4.09. The van der Waals surface area contributed by atoms with Gasteiger partial charge in [0.05, 0.1) is 10.6 Å². The highest BCUT2D eigenvalue weighted by Gasteiger charge is 2.15. The first-order valence-electron chi connectivity index (χ1n) is 6.19. The first-order valence-corrected chi connectivity index (χ1v) is 8.26. The molecule has 0 saturated heterocycles. The average Bonchev–Trinajstić information content (AvgIpc) is 3.03. The van der Waals surface area contributed by atoms with Crippen molar-refractivity contribution < 1.29 is 4.79 Å². The first-order chi connectivity index (χ1) is 10.7. The molecule has 3 rings (SSSR count). The van der Waals surface area contributed by atoms with Gasteiger partial charge in [-0.15, -0.1) is 10.2 Å². The Morgan fingerprint density at radius 3 is 2.86 bits per heavy atom. The van der Waals surface area contributed by atoms with Crippen molar-refractivity contribution in [1.82, 2.24) is 15.2 Å². The second-order valence-corrected chi connectivity index (χ2v) is 6.36. The van der Waals surface area contributed by atoms with Crippen LogP contribution in [0.4, 0.5) is 5.13 Å². The second kappa shape index (κ2) is 6.87. The van der Waals surface area contributed by atoms with E-state index in [4.69, 9.17) is 11.6 Å². The zero-order valence-electron chi connectivity index (χ0n) is 11.1. The number of carbonyl (C=O) groups excluding carboxylic acids is 1. The van der Waals surface area contributed by atoms with E-state index >= 15 is 0 Å². The molecule has 1 amide bonds. The van der Waals surface area contributed by atoms with E-state index in [2.05, 4.69) is 20.5 Å². The third-order valence-electron chi connectivity index (χ3n) is 2.64.